The molecule has 130 valence electrons. The van der Waals surface area contributed by atoms with E-state index in [1.807, 2.05) is 0 Å². The van der Waals surface area contributed by atoms with Crippen LogP contribution in [-0.2, 0) is 4.79 Å². The lowest BCUT2D eigenvalue weighted by Gasteiger charge is -2.30. The average Bonchev–Trinajstić information content (AvgIpc) is 3.00. The van der Waals surface area contributed by atoms with Crippen molar-refractivity contribution in [2.24, 2.45) is 0 Å². The number of carbonyl (C=O) groups excluding carboxylic acids is 1. The summed E-state index contributed by atoms with van der Waals surface area (Å²) in [5, 5.41) is 0. The Kier molecular flexibility index (Phi) is 10.6. The highest BCUT2D eigenvalue weighted by Gasteiger charge is 2.22. The second-order valence-electron chi connectivity index (χ2n) is 6.92. The van der Waals surface area contributed by atoms with Crippen LogP contribution in [0.15, 0.2) is 0 Å². The number of likely N-dealkylation sites (N-methyl/N-ethyl adjacent to an activating group) is 1. The largest absolute Gasteiger partial charge is 0.339 e. The highest BCUT2D eigenvalue weighted by Crippen LogP contribution is 2.14. The lowest BCUT2D eigenvalue weighted by molar-refractivity contribution is -0.134. The molecule has 0 aromatic carbocycles. The van der Waals surface area contributed by atoms with E-state index in [0.29, 0.717) is 18.5 Å². The first-order valence-electron chi connectivity index (χ1n) is 9.70. The molecule has 1 rings (SSSR count). The van der Waals surface area contributed by atoms with Crippen molar-refractivity contribution >= 4 is 5.91 Å². The van der Waals surface area contributed by atoms with Crippen LogP contribution in [0.3, 0.4) is 0 Å². The normalized spacial score (nSPS) is 16.9. The Morgan fingerprint density at radius 2 is 1.59 bits per heavy atom. The fourth-order valence-corrected chi connectivity index (χ4v) is 3.51. The van der Waals surface area contributed by atoms with Crippen molar-refractivity contribution in [3.05, 3.63) is 0 Å². The van der Waals surface area contributed by atoms with Crippen LogP contribution in [0.25, 0.3) is 0 Å². The molecule has 0 aromatic rings. The topological polar surface area (TPSA) is 23.6 Å². The van der Waals surface area contributed by atoms with Crippen molar-refractivity contribution in [2.45, 2.75) is 91.0 Å². The Bertz CT molecular complexity index is 287. The third-order valence-electron chi connectivity index (χ3n) is 4.98. The van der Waals surface area contributed by atoms with Gasteiger partial charge in [0.05, 0.1) is 6.54 Å². The van der Waals surface area contributed by atoms with Gasteiger partial charge in [-0.25, -0.2) is 0 Å². The Morgan fingerprint density at radius 3 is 2.18 bits per heavy atom. The van der Waals surface area contributed by atoms with Gasteiger partial charge in [0, 0.05) is 12.6 Å². The van der Waals surface area contributed by atoms with E-state index in [-0.39, 0.29) is 0 Å². The van der Waals surface area contributed by atoms with E-state index in [4.69, 9.17) is 0 Å². The summed E-state index contributed by atoms with van der Waals surface area (Å²) in [6.07, 6.45) is 13.1. The second-order valence-corrected chi connectivity index (χ2v) is 6.92. The molecule has 0 radical (unpaired) electrons. The summed E-state index contributed by atoms with van der Waals surface area (Å²) in [4.78, 5) is 16.9. The summed E-state index contributed by atoms with van der Waals surface area (Å²) in [6.45, 7) is 10.3. The number of likely N-dealkylation sites (tertiary alicyclic amines) is 1. The zero-order valence-corrected chi connectivity index (χ0v) is 15.3. The van der Waals surface area contributed by atoms with Crippen LogP contribution in [0.1, 0.15) is 85.0 Å². The molecule has 3 nitrogen and oxygen atoms in total. The maximum atomic E-state index is 12.5. The molecule has 1 saturated heterocycles. The summed E-state index contributed by atoms with van der Waals surface area (Å²) in [6, 6.07) is 0.399. The van der Waals surface area contributed by atoms with Gasteiger partial charge in [0.25, 0.3) is 0 Å². The molecule has 1 atom stereocenters. The smallest absolute Gasteiger partial charge is 0.236 e. The van der Waals surface area contributed by atoms with Crippen LogP contribution in [-0.4, -0.2) is 47.9 Å². The van der Waals surface area contributed by atoms with Crippen LogP contribution in [0, 0.1) is 0 Å². The van der Waals surface area contributed by atoms with E-state index in [0.717, 1.165) is 26.1 Å². The quantitative estimate of drug-likeness (QED) is 0.497. The molecule has 0 unspecified atom stereocenters. The van der Waals surface area contributed by atoms with Crippen molar-refractivity contribution in [1.29, 1.82) is 0 Å². The Morgan fingerprint density at radius 1 is 1.00 bits per heavy atom. The van der Waals surface area contributed by atoms with Gasteiger partial charge in [0.2, 0.25) is 5.91 Å². The fourth-order valence-electron chi connectivity index (χ4n) is 3.51. The lowest BCUT2D eigenvalue weighted by atomic mass is 10.0. The van der Waals surface area contributed by atoms with Gasteiger partial charge in [-0.3, -0.25) is 9.69 Å². The third kappa shape index (κ3) is 7.62. The molecule has 0 aliphatic carbocycles. The van der Waals surface area contributed by atoms with Crippen molar-refractivity contribution in [2.75, 3.05) is 26.2 Å². The fraction of sp³-hybridized carbons (Fsp3) is 0.947. The minimum atomic E-state index is 0.333. The first-order valence-corrected chi connectivity index (χ1v) is 9.70. The highest BCUT2D eigenvalue weighted by molar-refractivity contribution is 5.78. The molecule has 1 amide bonds. The maximum absolute atomic E-state index is 12.5. The van der Waals surface area contributed by atoms with Crippen LogP contribution in [0.5, 0.6) is 0 Å². The maximum Gasteiger partial charge on any atom is 0.236 e. The lowest BCUT2D eigenvalue weighted by Crippen LogP contribution is -2.44. The minimum Gasteiger partial charge on any atom is -0.339 e. The molecule has 0 spiro atoms. The van der Waals surface area contributed by atoms with Gasteiger partial charge in [0.1, 0.15) is 0 Å². The highest BCUT2D eigenvalue weighted by atomic mass is 16.2. The van der Waals surface area contributed by atoms with E-state index in [9.17, 15) is 4.79 Å². The Labute approximate surface area is 138 Å². The number of hydrogen-bond acceptors (Lipinski definition) is 2. The monoisotopic (exact) mass is 310 g/mol. The molecule has 1 aliphatic heterocycles. The van der Waals surface area contributed by atoms with Gasteiger partial charge in [-0.1, -0.05) is 51.9 Å². The average molecular weight is 311 g/mol. The van der Waals surface area contributed by atoms with Crippen LogP contribution in [0.4, 0.5) is 0 Å². The second kappa shape index (κ2) is 11.9. The molecule has 1 aliphatic rings. The number of hydrogen-bond donors (Lipinski definition) is 0. The van der Waals surface area contributed by atoms with Gasteiger partial charge in [0.15, 0.2) is 0 Å². The molecule has 3 heteroatoms. The van der Waals surface area contributed by atoms with Crippen molar-refractivity contribution in [3.8, 4) is 0 Å². The first kappa shape index (κ1) is 19.5. The van der Waals surface area contributed by atoms with Crippen LogP contribution in [0.2, 0.25) is 0 Å². The zero-order chi connectivity index (χ0) is 16.2. The standard InChI is InChI=1S/C19H38N2O/c1-4-6-7-8-9-10-11-14-18(3)21(5-2)19(22)17-20-15-12-13-16-20/h18H,4-17H2,1-3H3/t18-/m1/s1. The van der Waals surface area contributed by atoms with E-state index in [1.165, 1.54) is 57.8 Å². The van der Waals surface area contributed by atoms with Gasteiger partial charge in [-0.15, -0.1) is 0 Å². The summed E-state index contributed by atoms with van der Waals surface area (Å²) < 4.78 is 0. The number of unbranched alkanes of at least 4 members (excludes halogenated alkanes) is 6. The number of amides is 1. The summed E-state index contributed by atoms with van der Waals surface area (Å²) >= 11 is 0. The van der Waals surface area contributed by atoms with Crippen molar-refractivity contribution in [3.63, 3.8) is 0 Å². The van der Waals surface area contributed by atoms with Gasteiger partial charge in [-0.2, -0.15) is 0 Å². The summed E-state index contributed by atoms with van der Waals surface area (Å²) in [5.74, 6) is 0.333. The number of nitrogens with zero attached hydrogens (tertiary/aromatic N) is 2. The van der Waals surface area contributed by atoms with E-state index in [2.05, 4.69) is 30.6 Å². The minimum absolute atomic E-state index is 0.333. The van der Waals surface area contributed by atoms with E-state index >= 15 is 0 Å². The molecule has 1 heterocycles. The number of carbonyl (C=O) groups is 1. The number of rotatable bonds is 12. The van der Waals surface area contributed by atoms with Crippen LogP contribution >= 0.6 is 0 Å². The van der Waals surface area contributed by atoms with Gasteiger partial charge < -0.3 is 4.90 Å². The van der Waals surface area contributed by atoms with E-state index in [1.54, 1.807) is 0 Å². The predicted octanol–water partition coefficient (Wildman–Crippen LogP) is 4.46. The molecule has 22 heavy (non-hydrogen) atoms. The molecule has 0 N–H and O–H groups in total. The van der Waals surface area contributed by atoms with Crippen LogP contribution < -0.4 is 0 Å². The molecule has 0 saturated carbocycles. The van der Waals surface area contributed by atoms with Gasteiger partial charge in [-0.05, 0) is 46.2 Å². The van der Waals surface area contributed by atoms with E-state index < -0.39 is 0 Å². The third-order valence-corrected chi connectivity index (χ3v) is 4.98. The van der Waals surface area contributed by atoms with Gasteiger partial charge >= 0.3 is 0 Å². The van der Waals surface area contributed by atoms with Crippen molar-refractivity contribution < 1.29 is 4.79 Å². The molecular formula is C19H38N2O. The molecular weight excluding hydrogens is 272 g/mol. The Hall–Kier alpha value is -0.570. The summed E-state index contributed by atoms with van der Waals surface area (Å²) in [7, 11) is 0. The molecule has 0 aromatic heterocycles. The zero-order valence-electron chi connectivity index (χ0n) is 15.3. The molecule has 1 fully saturated rings. The molecule has 0 bridgehead atoms. The first-order chi connectivity index (χ1) is 10.7. The Balaban J connectivity index is 2.16. The van der Waals surface area contributed by atoms with Crippen molar-refractivity contribution in [1.82, 2.24) is 9.80 Å². The summed E-state index contributed by atoms with van der Waals surface area (Å²) in [5.41, 5.74) is 0. The predicted molar refractivity (Wildman–Crippen MR) is 95.1 cm³/mol. The SMILES string of the molecule is CCCCCCCCC[C@@H](C)N(CC)C(=O)CN1CCCC1.